The minimum Gasteiger partial charge on any atom is -0.318 e. The van der Waals surface area contributed by atoms with Gasteiger partial charge >= 0.3 is 5.51 Å². The number of thioether (sulfide) groups is 1. The molecule has 1 aromatic heterocycles. The van der Waals surface area contributed by atoms with E-state index in [0.29, 0.717) is 0 Å². The second-order valence-electron chi connectivity index (χ2n) is 3.92. The molecule has 0 saturated heterocycles. The maximum atomic E-state index is 12.2. The molecule has 1 atom stereocenters. The Balaban J connectivity index is 2.14. The van der Waals surface area contributed by atoms with Gasteiger partial charge in [-0.25, -0.2) is 4.98 Å². The summed E-state index contributed by atoms with van der Waals surface area (Å²) >= 11 is 1.31. The molecule has 2 rings (SSSR count). The summed E-state index contributed by atoms with van der Waals surface area (Å²) in [4.78, 5) is 4.43. The van der Waals surface area contributed by atoms with Gasteiger partial charge in [-0.2, -0.15) is 13.2 Å². The fourth-order valence-electron chi connectivity index (χ4n) is 1.53. The van der Waals surface area contributed by atoms with Crippen molar-refractivity contribution in [1.82, 2.24) is 4.98 Å². The highest BCUT2D eigenvalue weighted by molar-refractivity contribution is 8.00. The Kier molecular flexibility index (Phi) is 4.17. The Morgan fingerprint density at radius 3 is 2.37 bits per heavy atom. The lowest BCUT2D eigenvalue weighted by Gasteiger charge is -2.10. The molecule has 2 N–H and O–H groups in total. The van der Waals surface area contributed by atoms with Gasteiger partial charge in [-0.05, 0) is 36.4 Å². The van der Waals surface area contributed by atoms with Crippen LogP contribution in [0.2, 0.25) is 0 Å². The largest absolute Gasteiger partial charge is 0.446 e. The van der Waals surface area contributed by atoms with Gasteiger partial charge in [0.2, 0.25) is 0 Å². The van der Waals surface area contributed by atoms with E-state index in [1.807, 2.05) is 12.3 Å². The fraction of sp³-hybridized carbons (Fsp3) is 0.250. The van der Waals surface area contributed by atoms with Crippen molar-refractivity contribution in [2.75, 3.05) is 0 Å². The molecule has 7 heteroatoms. The zero-order valence-electron chi connectivity index (χ0n) is 9.94. The first-order chi connectivity index (χ1) is 8.85. The van der Waals surface area contributed by atoms with E-state index in [9.17, 15) is 13.2 Å². The van der Waals surface area contributed by atoms with Crippen LogP contribution in [0.3, 0.4) is 0 Å². The Morgan fingerprint density at radius 2 is 1.89 bits per heavy atom. The summed E-state index contributed by atoms with van der Waals surface area (Å²) in [6.45, 7) is 1.87. The van der Waals surface area contributed by atoms with Crippen molar-refractivity contribution in [2.45, 2.75) is 23.4 Å². The van der Waals surface area contributed by atoms with Gasteiger partial charge in [0.05, 0.1) is 6.04 Å². The van der Waals surface area contributed by atoms with Crippen LogP contribution in [0, 0.1) is 6.92 Å². The summed E-state index contributed by atoms with van der Waals surface area (Å²) in [5, 5.41) is 2.65. The van der Waals surface area contributed by atoms with Crippen molar-refractivity contribution in [3.05, 3.63) is 45.9 Å². The molecule has 19 heavy (non-hydrogen) atoms. The molecule has 2 aromatic rings. The van der Waals surface area contributed by atoms with Crippen LogP contribution in [-0.2, 0) is 0 Å². The molecule has 1 unspecified atom stereocenters. The van der Waals surface area contributed by atoms with Gasteiger partial charge in [-0.15, -0.1) is 11.3 Å². The second kappa shape index (κ2) is 5.52. The maximum absolute atomic E-state index is 12.2. The van der Waals surface area contributed by atoms with Crippen LogP contribution in [0.25, 0.3) is 0 Å². The first kappa shape index (κ1) is 14.4. The number of hydrogen-bond acceptors (Lipinski definition) is 4. The van der Waals surface area contributed by atoms with Gasteiger partial charge in [0, 0.05) is 16.0 Å². The van der Waals surface area contributed by atoms with Gasteiger partial charge in [-0.3, -0.25) is 0 Å². The van der Waals surface area contributed by atoms with E-state index in [0.717, 1.165) is 16.3 Å². The first-order valence-corrected chi connectivity index (χ1v) is 7.08. The van der Waals surface area contributed by atoms with Crippen LogP contribution < -0.4 is 5.73 Å². The number of alkyl halides is 3. The maximum Gasteiger partial charge on any atom is 0.446 e. The summed E-state index contributed by atoms with van der Waals surface area (Å²) in [5.74, 6) is 0. The SMILES string of the molecule is Cc1csc(C(N)c2ccc(SC(F)(F)F)cc2)n1. The van der Waals surface area contributed by atoms with Crippen molar-refractivity contribution < 1.29 is 13.2 Å². The lowest BCUT2D eigenvalue weighted by molar-refractivity contribution is -0.0328. The zero-order chi connectivity index (χ0) is 14.0. The van der Waals surface area contributed by atoms with Crippen LogP contribution >= 0.6 is 23.1 Å². The number of rotatable bonds is 3. The summed E-state index contributed by atoms with van der Waals surface area (Å²) in [5.41, 5.74) is 3.40. The highest BCUT2D eigenvalue weighted by Crippen LogP contribution is 2.37. The lowest BCUT2D eigenvalue weighted by atomic mass is 10.1. The zero-order valence-corrected chi connectivity index (χ0v) is 11.6. The van der Waals surface area contributed by atoms with E-state index in [1.54, 1.807) is 12.1 Å². The second-order valence-corrected chi connectivity index (χ2v) is 5.95. The van der Waals surface area contributed by atoms with Crippen molar-refractivity contribution >= 4 is 23.1 Å². The van der Waals surface area contributed by atoms with Crippen LogP contribution in [0.15, 0.2) is 34.5 Å². The molecular weight excluding hydrogens is 293 g/mol. The number of nitrogens with zero attached hydrogens (tertiary/aromatic N) is 1. The van der Waals surface area contributed by atoms with E-state index in [1.165, 1.54) is 23.5 Å². The first-order valence-electron chi connectivity index (χ1n) is 5.38. The number of aromatic nitrogens is 1. The van der Waals surface area contributed by atoms with E-state index in [2.05, 4.69) is 4.98 Å². The number of thiazole rings is 1. The smallest absolute Gasteiger partial charge is 0.318 e. The van der Waals surface area contributed by atoms with Crippen molar-refractivity contribution in [2.24, 2.45) is 5.73 Å². The summed E-state index contributed by atoms with van der Waals surface area (Å²) in [6, 6.07) is 5.66. The highest BCUT2D eigenvalue weighted by Gasteiger charge is 2.29. The van der Waals surface area contributed by atoms with Crippen molar-refractivity contribution in [3.8, 4) is 0 Å². The predicted molar refractivity (Wildman–Crippen MR) is 71.2 cm³/mol. The number of nitrogens with two attached hydrogens (primary N) is 1. The molecule has 0 fully saturated rings. The Morgan fingerprint density at radius 1 is 1.26 bits per heavy atom. The van der Waals surface area contributed by atoms with Crippen molar-refractivity contribution in [3.63, 3.8) is 0 Å². The number of benzene rings is 1. The third kappa shape index (κ3) is 3.95. The molecule has 1 aromatic carbocycles. The lowest BCUT2D eigenvalue weighted by Crippen LogP contribution is -2.11. The molecule has 0 saturated carbocycles. The van der Waals surface area contributed by atoms with Crippen LogP contribution in [0.4, 0.5) is 13.2 Å². The van der Waals surface area contributed by atoms with Crippen LogP contribution in [-0.4, -0.2) is 10.5 Å². The minimum atomic E-state index is -4.27. The van der Waals surface area contributed by atoms with Gasteiger partial charge in [0.1, 0.15) is 5.01 Å². The predicted octanol–water partition coefficient (Wildman–Crippen LogP) is 4.11. The summed E-state index contributed by atoms with van der Waals surface area (Å²) in [7, 11) is 0. The molecule has 102 valence electrons. The highest BCUT2D eigenvalue weighted by atomic mass is 32.2. The molecule has 0 aliphatic heterocycles. The average Bonchev–Trinajstić information content (AvgIpc) is 2.74. The molecule has 0 radical (unpaired) electrons. The third-order valence-electron chi connectivity index (χ3n) is 2.38. The molecule has 1 heterocycles. The van der Waals surface area contributed by atoms with E-state index < -0.39 is 11.6 Å². The third-order valence-corrected chi connectivity index (χ3v) is 4.16. The Hall–Kier alpha value is -1.05. The summed E-state index contributed by atoms with van der Waals surface area (Å²) in [6.07, 6.45) is 0. The van der Waals surface area contributed by atoms with Crippen LogP contribution in [0.5, 0.6) is 0 Å². The monoisotopic (exact) mass is 304 g/mol. The minimum absolute atomic E-state index is 0.133. The normalized spacial score (nSPS) is 13.5. The van der Waals surface area contributed by atoms with E-state index in [-0.39, 0.29) is 16.7 Å². The molecule has 0 aliphatic carbocycles. The Labute approximate surface area is 116 Å². The van der Waals surface area contributed by atoms with Gasteiger partial charge in [-0.1, -0.05) is 12.1 Å². The number of aryl methyl sites for hydroxylation is 1. The van der Waals surface area contributed by atoms with Gasteiger partial charge in [0.25, 0.3) is 0 Å². The molecule has 0 bridgehead atoms. The molecule has 0 amide bonds. The molecule has 2 nitrogen and oxygen atoms in total. The topological polar surface area (TPSA) is 38.9 Å². The Bertz CT molecular complexity index is 549. The van der Waals surface area contributed by atoms with E-state index in [4.69, 9.17) is 5.73 Å². The average molecular weight is 304 g/mol. The van der Waals surface area contributed by atoms with Gasteiger partial charge < -0.3 is 5.73 Å². The van der Waals surface area contributed by atoms with Gasteiger partial charge in [0.15, 0.2) is 0 Å². The molecule has 0 spiro atoms. The van der Waals surface area contributed by atoms with Crippen LogP contribution in [0.1, 0.15) is 22.3 Å². The standard InChI is InChI=1S/C12H11F3N2S2/c1-7-6-18-11(17-7)10(16)8-2-4-9(5-3-8)19-12(13,14)15/h2-6,10H,16H2,1H3. The van der Waals surface area contributed by atoms with E-state index >= 15 is 0 Å². The molecular formula is C12H11F3N2S2. The summed E-state index contributed by atoms with van der Waals surface area (Å²) < 4.78 is 36.6. The molecule has 0 aliphatic rings. The quantitative estimate of drug-likeness (QED) is 0.867. The van der Waals surface area contributed by atoms with Crippen molar-refractivity contribution in [1.29, 1.82) is 0 Å². The number of hydrogen-bond donors (Lipinski definition) is 1. The number of halogens is 3. The fourth-order valence-corrected chi connectivity index (χ4v) is 2.90.